The van der Waals surface area contributed by atoms with E-state index in [1.165, 1.54) is 16.8 Å². The van der Waals surface area contributed by atoms with Crippen molar-refractivity contribution >= 4 is 33.3 Å². The van der Waals surface area contributed by atoms with Gasteiger partial charge in [-0.25, -0.2) is 9.97 Å². The van der Waals surface area contributed by atoms with E-state index in [9.17, 15) is 4.79 Å². The van der Waals surface area contributed by atoms with Gasteiger partial charge in [-0.15, -0.1) is 11.3 Å². The maximum absolute atomic E-state index is 13.5. The van der Waals surface area contributed by atoms with Crippen molar-refractivity contribution in [1.29, 1.82) is 0 Å². The van der Waals surface area contributed by atoms with Crippen LogP contribution in [0.15, 0.2) is 45.4 Å². The van der Waals surface area contributed by atoms with E-state index in [2.05, 4.69) is 17.0 Å². The lowest BCUT2D eigenvalue weighted by Crippen LogP contribution is -2.24. The second-order valence-corrected chi connectivity index (χ2v) is 9.55. The van der Waals surface area contributed by atoms with E-state index in [0.717, 1.165) is 46.1 Å². The van der Waals surface area contributed by atoms with Gasteiger partial charge in [0.05, 0.1) is 24.7 Å². The Kier molecular flexibility index (Phi) is 5.01. The fraction of sp³-hybridized carbons (Fsp3) is 0.400. The SMILES string of the molecule is CC1CCc2c(sc3nc(SCCn4cncn4)n(Cc4ccco4)c(=O)c23)C1. The molecule has 1 atom stereocenters. The third-order valence-electron chi connectivity index (χ3n) is 5.29. The van der Waals surface area contributed by atoms with Crippen LogP contribution < -0.4 is 5.56 Å². The number of hydrogen-bond acceptors (Lipinski definition) is 7. The molecule has 0 saturated carbocycles. The van der Waals surface area contributed by atoms with Crippen molar-refractivity contribution in [1.82, 2.24) is 24.3 Å². The third kappa shape index (κ3) is 3.64. The number of fused-ring (bicyclic) bond motifs is 3. The highest BCUT2D eigenvalue weighted by Crippen LogP contribution is 2.36. The molecule has 0 N–H and O–H groups in total. The Labute approximate surface area is 175 Å². The van der Waals surface area contributed by atoms with Crippen LogP contribution in [0.4, 0.5) is 0 Å². The molecular formula is C20H21N5O2S2. The summed E-state index contributed by atoms with van der Waals surface area (Å²) < 4.78 is 9.06. The summed E-state index contributed by atoms with van der Waals surface area (Å²) >= 11 is 3.26. The number of thiophene rings is 1. The van der Waals surface area contributed by atoms with Gasteiger partial charge in [-0.3, -0.25) is 14.0 Å². The van der Waals surface area contributed by atoms with Gasteiger partial charge in [0.25, 0.3) is 5.56 Å². The number of hydrogen-bond donors (Lipinski definition) is 0. The predicted molar refractivity (Wildman–Crippen MR) is 114 cm³/mol. The van der Waals surface area contributed by atoms with Crippen molar-refractivity contribution in [2.75, 3.05) is 5.75 Å². The van der Waals surface area contributed by atoms with E-state index in [4.69, 9.17) is 9.40 Å². The number of thioether (sulfide) groups is 1. The van der Waals surface area contributed by atoms with Crippen LogP contribution in [-0.2, 0) is 25.9 Å². The molecule has 9 heteroatoms. The molecule has 0 amide bonds. The smallest absolute Gasteiger partial charge is 0.263 e. The first-order valence-corrected chi connectivity index (χ1v) is 11.5. The molecule has 4 heterocycles. The lowest BCUT2D eigenvalue weighted by molar-refractivity contribution is 0.476. The van der Waals surface area contributed by atoms with Crippen LogP contribution in [0.25, 0.3) is 10.2 Å². The van der Waals surface area contributed by atoms with Crippen LogP contribution in [0.2, 0.25) is 0 Å². The van der Waals surface area contributed by atoms with Crippen LogP contribution >= 0.6 is 23.1 Å². The van der Waals surface area contributed by atoms with E-state index in [0.29, 0.717) is 19.0 Å². The Morgan fingerprint density at radius 1 is 1.41 bits per heavy atom. The van der Waals surface area contributed by atoms with E-state index in [1.807, 2.05) is 12.1 Å². The van der Waals surface area contributed by atoms with Crippen LogP contribution in [0, 0.1) is 5.92 Å². The quantitative estimate of drug-likeness (QED) is 0.346. The molecule has 0 radical (unpaired) electrons. The summed E-state index contributed by atoms with van der Waals surface area (Å²) in [4.78, 5) is 24.6. The molecular weight excluding hydrogens is 406 g/mol. The van der Waals surface area contributed by atoms with Gasteiger partial charge in [-0.1, -0.05) is 18.7 Å². The average molecular weight is 428 g/mol. The Morgan fingerprint density at radius 3 is 3.14 bits per heavy atom. The summed E-state index contributed by atoms with van der Waals surface area (Å²) in [6.45, 7) is 3.38. The highest BCUT2D eigenvalue weighted by Gasteiger charge is 2.25. The Balaban J connectivity index is 1.55. The normalized spacial score (nSPS) is 16.4. The van der Waals surface area contributed by atoms with Gasteiger partial charge >= 0.3 is 0 Å². The average Bonchev–Trinajstić information content (AvgIpc) is 3.45. The lowest BCUT2D eigenvalue weighted by atomic mass is 9.89. The fourth-order valence-electron chi connectivity index (χ4n) is 3.79. The number of rotatable bonds is 6. The molecule has 0 fully saturated rings. The maximum atomic E-state index is 13.5. The number of furan rings is 1. The van der Waals surface area contributed by atoms with Gasteiger partial charge in [-0.2, -0.15) is 5.10 Å². The summed E-state index contributed by atoms with van der Waals surface area (Å²) in [7, 11) is 0. The zero-order valence-corrected chi connectivity index (χ0v) is 17.7. The zero-order chi connectivity index (χ0) is 19.8. The summed E-state index contributed by atoms with van der Waals surface area (Å²) in [5.74, 6) is 2.17. The van der Waals surface area contributed by atoms with E-state index in [1.54, 1.807) is 44.9 Å². The first kappa shape index (κ1) is 18.6. The summed E-state index contributed by atoms with van der Waals surface area (Å²) in [6, 6.07) is 3.74. The molecule has 4 aromatic rings. The van der Waals surface area contributed by atoms with Crippen LogP contribution in [0.3, 0.4) is 0 Å². The molecule has 5 rings (SSSR count). The number of nitrogens with zero attached hydrogens (tertiary/aromatic N) is 5. The molecule has 0 aliphatic heterocycles. The predicted octanol–water partition coefficient (Wildman–Crippen LogP) is 3.61. The van der Waals surface area contributed by atoms with Gasteiger partial charge in [0.1, 0.15) is 23.2 Å². The second kappa shape index (κ2) is 7.79. The van der Waals surface area contributed by atoms with E-state index < -0.39 is 0 Å². The van der Waals surface area contributed by atoms with E-state index in [-0.39, 0.29) is 5.56 Å². The third-order valence-corrected chi connectivity index (χ3v) is 7.40. The highest BCUT2D eigenvalue weighted by atomic mass is 32.2. The van der Waals surface area contributed by atoms with Crippen molar-refractivity contribution in [2.45, 2.75) is 44.4 Å². The topological polar surface area (TPSA) is 78.7 Å². The van der Waals surface area contributed by atoms with Crippen molar-refractivity contribution in [3.05, 3.63) is 57.6 Å². The van der Waals surface area contributed by atoms with Gasteiger partial charge in [-0.05, 0) is 42.9 Å². The summed E-state index contributed by atoms with van der Waals surface area (Å²) in [6.07, 6.45) is 8.00. The summed E-state index contributed by atoms with van der Waals surface area (Å²) in [5.41, 5.74) is 1.26. The Hall–Kier alpha value is -2.39. The monoisotopic (exact) mass is 427 g/mol. The van der Waals surface area contributed by atoms with Crippen molar-refractivity contribution in [3.63, 3.8) is 0 Å². The largest absolute Gasteiger partial charge is 0.467 e. The van der Waals surface area contributed by atoms with Crippen LogP contribution in [-0.4, -0.2) is 30.1 Å². The van der Waals surface area contributed by atoms with Gasteiger partial charge < -0.3 is 4.42 Å². The first-order valence-electron chi connectivity index (χ1n) is 9.71. The minimum atomic E-state index is 0.0432. The minimum Gasteiger partial charge on any atom is -0.467 e. The molecule has 150 valence electrons. The van der Waals surface area contributed by atoms with Gasteiger partial charge in [0, 0.05) is 10.6 Å². The molecule has 7 nitrogen and oxygen atoms in total. The maximum Gasteiger partial charge on any atom is 0.263 e. The van der Waals surface area contributed by atoms with Crippen LogP contribution in [0.5, 0.6) is 0 Å². The first-order chi connectivity index (χ1) is 14.2. The molecule has 0 bridgehead atoms. The number of aryl methyl sites for hydroxylation is 2. The van der Waals surface area contributed by atoms with Gasteiger partial charge in [0.2, 0.25) is 0 Å². The minimum absolute atomic E-state index is 0.0432. The molecule has 0 spiro atoms. The molecule has 4 aromatic heterocycles. The number of aromatic nitrogens is 5. The Bertz CT molecular complexity index is 1180. The summed E-state index contributed by atoms with van der Waals surface area (Å²) in [5, 5.41) is 5.68. The van der Waals surface area contributed by atoms with Crippen molar-refractivity contribution in [2.24, 2.45) is 5.92 Å². The van der Waals surface area contributed by atoms with E-state index >= 15 is 0 Å². The van der Waals surface area contributed by atoms with Gasteiger partial charge in [0.15, 0.2) is 5.16 Å². The molecule has 0 saturated heterocycles. The lowest BCUT2D eigenvalue weighted by Gasteiger charge is -2.17. The fourth-order valence-corrected chi connectivity index (χ4v) is 6.14. The van der Waals surface area contributed by atoms with Crippen molar-refractivity contribution < 1.29 is 4.42 Å². The molecule has 0 aromatic carbocycles. The molecule has 1 aliphatic rings. The molecule has 1 aliphatic carbocycles. The standard InChI is InChI=1S/C20H21N5O2S2/c1-13-4-5-15-16(9-13)29-18-17(15)19(26)25(10-14-3-2-7-27-14)20(23-18)28-8-6-24-12-21-11-22-24/h2-3,7,11-13H,4-6,8-10H2,1H3. The molecule has 1 unspecified atom stereocenters. The zero-order valence-electron chi connectivity index (χ0n) is 16.1. The highest BCUT2D eigenvalue weighted by molar-refractivity contribution is 7.99. The second-order valence-electron chi connectivity index (χ2n) is 7.40. The molecule has 29 heavy (non-hydrogen) atoms. The van der Waals surface area contributed by atoms with Crippen LogP contribution in [0.1, 0.15) is 29.5 Å². The Morgan fingerprint density at radius 2 is 2.34 bits per heavy atom. The van der Waals surface area contributed by atoms with Crippen molar-refractivity contribution in [3.8, 4) is 0 Å².